The zero-order valence-corrected chi connectivity index (χ0v) is 16.0. The molecule has 1 aromatic carbocycles. The Kier molecular flexibility index (Phi) is 5.16. The van der Waals surface area contributed by atoms with E-state index in [9.17, 15) is 9.90 Å². The molecule has 6 nitrogen and oxygen atoms in total. The molecule has 1 atom stereocenters. The largest absolute Gasteiger partial charge is 0.387 e. The Balaban J connectivity index is 1.48. The van der Waals surface area contributed by atoms with Gasteiger partial charge in [-0.25, -0.2) is 0 Å². The average Bonchev–Trinajstić information content (AvgIpc) is 3.00. The van der Waals surface area contributed by atoms with E-state index >= 15 is 0 Å². The summed E-state index contributed by atoms with van der Waals surface area (Å²) in [6.07, 6.45) is 4.09. The maximum atomic E-state index is 13.0. The van der Waals surface area contributed by atoms with E-state index < -0.39 is 6.10 Å². The highest BCUT2D eigenvalue weighted by atomic mass is 16.3. The van der Waals surface area contributed by atoms with Gasteiger partial charge in [0.15, 0.2) is 0 Å². The highest BCUT2D eigenvalue weighted by Gasteiger charge is 2.23. The van der Waals surface area contributed by atoms with E-state index in [4.69, 9.17) is 0 Å². The quantitative estimate of drug-likeness (QED) is 0.905. The molecule has 1 saturated heterocycles. The van der Waals surface area contributed by atoms with Crippen molar-refractivity contribution >= 4 is 11.6 Å². The lowest BCUT2D eigenvalue weighted by atomic mass is 10.1. The molecule has 0 radical (unpaired) electrons. The molecule has 1 N–H and O–H groups in total. The van der Waals surface area contributed by atoms with Crippen molar-refractivity contribution in [1.82, 2.24) is 14.7 Å². The van der Waals surface area contributed by atoms with E-state index in [1.807, 2.05) is 27.8 Å². The van der Waals surface area contributed by atoms with Gasteiger partial charge in [0, 0.05) is 37.4 Å². The third kappa shape index (κ3) is 3.86. The molecule has 0 bridgehead atoms. The maximum Gasteiger partial charge on any atom is 0.254 e. The number of amides is 1. The van der Waals surface area contributed by atoms with E-state index in [1.165, 1.54) is 24.9 Å². The van der Waals surface area contributed by atoms with Crippen molar-refractivity contribution in [3.63, 3.8) is 0 Å². The second kappa shape index (κ2) is 7.72. The second-order valence-corrected chi connectivity index (χ2v) is 7.63. The lowest BCUT2D eigenvalue weighted by Crippen LogP contribution is -2.31. The molecule has 6 heteroatoms. The molecule has 2 aromatic rings. The third-order valence-corrected chi connectivity index (χ3v) is 5.58. The summed E-state index contributed by atoms with van der Waals surface area (Å²) in [5.74, 6) is 0.0634. The molecule has 1 unspecified atom stereocenters. The fraction of sp³-hybridized carbons (Fsp3) is 0.524. The molecule has 1 amide bonds. The highest BCUT2D eigenvalue weighted by molar-refractivity contribution is 5.94. The van der Waals surface area contributed by atoms with Crippen LogP contribution in [0.3, 0.4) is 0 Å². The minimum atomic E-state index is -0.587. The first-order chi connectivity index (χ1) is 13.1. The normalized spacial score (nSPS) is 18.7. The average molecular weight is 368 g/mol. The topological polar surface area (TPSA) is 61.6 Å². The van der Waals surface area contributed by atoms with Crippen LogP contribution in [-0.2, 0) is 13.1 Å². The van der Waals surface area contributed by atoms with E-state index in [1.54, 1.807) is 6.92 Å². The maximum absolute atomic E-state index is 13.0. The fourth-order valence-corrected chi connectivity index (χ4v) is 4.01. The number of benzene rings is 1. The number of hydrogen-bond acceptors (Lipinski definition) is 4. The number of rotatable bonds is 3. The number of aryl methyl sites for hydroxylation is 1. The van der Waals surface area contributed by atoms with Crippen molar-refractivity contribution < 1.29 is 9.90 Å². The van der Waals surface area contributed by atoms with Crippen LogP contribution < -0.4 is 4.90 Å². The van der Waals surface area contributed by atoms with Crippen LogP contribution in [0.1, 0.15) is 60.5 Å². The van der Waals surface area contributed by atoms with Crippen molar-refractivity contribution in [2.24, 2.45) is 0 Å². The summed E-state index contributed by atoms with van der Waals surface area (Å²) in [6.45, 7) is 5.96. The van der Waals surface area contributed by atoms with Crippen LogP contribution in [0.5, 0.6) is 0 Å². The smallest absolute Gasteiger partial charge is 0.254 e. The first-order valence-electron chi connectivity index (χ1n) is 10.0. The number of aromatic nitrogens is 2. The Hall–Kier alpha value is -2.34. The summed E-state index contributed by atoms with van der Waals surface area (Å²) >= 11 is 0. The van der Waals surface area contributed by atoms with Crippen LogP contribution >= 0.6 is 0 Å². The second-order valence-electron chi connectivity index (χ2n) is 7.63. The summed E-state index contributed by atoms with van der Waals surface area (Å²) in [7, 11) is 0. The van der Waals surface area contributed by atoms with Crippen molar-refractivity contribution in [3.8, 4) is 0 Å². The number of fused-ring (bicyclic) bond motifs is 1. The van der Waals surface area contributed by atoms with Crippen molar-refractivity contribution in [2.75, 3.05) is 24.5 Å². The van der Waals surface area contributed by atoms with Gasteiger partial charge >= 0.3 is 0 Å². The van der Waals surface area contributed by atoms with Gasteiger partial charge in [0.05, 0.1) is 24.0 Å². The van der Waals surface area contributed by atoms with Gasteiger partial charge in [0.1, 0.15) is 0 Å². The lowest BCUT2D eigenvalue weighted by molar-refractivity contribution is 0.0746. The number of aliphatic hydroxyl groups is 1. The van der Waals surface area contributed by atoms with Gasteiger partial charge in [-0.2, -0.15) is 5.10 Å². The van der Waals surface area contributed by atoms with Crippen molar-refractivity contribution in [1.29, 1.82) is 0 Å². The number of hydrogen-bond donors (Lipinski definition) is 1. The molecular formula is C21H28N4O2. The van der Waals surface area contributed by atoms with Crippen LogP contribution in [0.25, 0.3) is 0 Å². The van der Waals surface area contributed by atoms with E-state index in [-0.39, 0.29) is 5.91 Å². The number of piperidine rings is 1. The molecule has 1 fully saturated rings. The third-order valence-electron chi connectivity index (χ3n) is 5.58. The van der Waals surface area contributed by atoms with E-state index in [2.05, 4.69) is 22.1 Å². The van der Waals surface area contributed by atoms with E-state index in [0.717, 1.165) is 43.9 Å². The summed E-state index contributed by atoms with van der Waals surface area (Å²) in [5.41, 5.74) is 3.60. The summed E-state index contributed by atoms with van der Waals surface area (Å²) in [4.78, 5) is 17.3. The molecule has 2 aliphatic rings. The fourth-order valence-electron chi connectivity index (χ4n) is 4.01. The Morgan fingerprint density at radius 2 is 1.78 bits per heavy atom. The minimum absolute atomic E-state index is 0.0634. The van der Waals surface area contributed by atoms with E-state index in [0.29, 0.717) is 12.2 Å². The molecule has 0 spiro atoms. The van der Waals surface area contributed by atoms with Crippen LogP contribution in [-0.4, -0.2) is 45.3 Å². The predicted molar refractivity (Wildman–Crippen MR) is 105 cm³/mol. The number of carbonyl (C=O) groups is 1. The van der Waals surface area contributed by atoms with Gasteiger partial charge in [-0.05, 0) is 62.9 Å². The summed E-state index contributed by atoms with van der Waals surface area (Å²) < 4.78 is 1.93. The number of aliphatic hydroxyl groups excluding tert-OH is 1. The predicted octanol–water partition coefficient (Wildman–Crippen LogP) is 2.97. The van der Waals surface area contributed by atoms with Crippen molar-refractivity contribution in [2.45, 2.75) is 51.8 Å². The molecule has 3 heterocycles. The van der Waals surface area contributed by atoms with Crippen molar-refractivity contribution in [3.05, 3.63) is 47.3 Å². The minimum Gasteiger partial charge on any atom is -0.387 e. The first-order valence-corrected chi connectivity index (χ1v) is 10.0. The molecule has 0 aliphatic carbocycles. The summed E-state index contributed by atoms with van der Waals surface area (Å²) in [6, 6.07) is 9.97. The SMILES string of the molecule is CC(O)c1cc2n(n1)CCCN(C(=O)c1ccc(N3CCCCC3)cc1)C2. The van der Waals surface area contributed by atoms with Gasteiger partial charge in [-0.3, -0.25) is 9.48 Å². The first kappa shape index (κ1) is 18.0. The zero-order chi connectivity index (χ0) is 18.8. The molecule has 144 valence electrons. The summed E-state index contributed by atoms with van der Waals surface area (Å²) in [5, 5.41) is 14.2. The van der Waals surface area contributed by atoms with Gasteiger partial charge in [-0.15, -0.1) is 0 Å². The van der Waals surface area contributed by atoms with Crippen LogP contribution in [0.4, 0.5) is 5.69 Å². The van der Waals surface area contributed by atoms with Gasteiger partial charge in [0.2, 0.25) is 0 Å². The lowest BCUT2D eigenvalue weighted by Gasteiger charge is -2.29. The molecule has 27 heavy (non-hydrogen) atoms. The Labute approximate surface area is 160 Å². The van der Waals surface area contributed by atoms with Gasteiger partial charge < -0.3 is 14.9 Å². The number of anilines is 1. The molecule has 0 saturated carbocycles. The number of carbonyl (C=O) groups excluding carboxylic acids is 1. The highest BCUT2D eigenvalue weighted by Crippen LogP contribution is 2.22. The monoisotopic (exact) mass is 368 g/mol. The number of nitrogens with zero attached hydrogens (tertiary/aromatic N) is 4. The molecule has 2 aliphatic heterocycles. The molecular weight excluding hydrogens is 340 g/mol. The van der Waals surface area contributed by atoms with Gasteiger partial charge in [0.25, 0.3) is 5.91 Å². The zero-order valence-electron chi connectivity index (χ0n) is 16.0. The Morgan fingerprint density at radius 1 is 1.04 bits per heavy atom. The van der Waals surface area contributed by atoms with Crippen LogP contribution in [0.2, 0.25) is 0 Å². The Morgan fingerprint density at radius 3 is 2.48 bits per heavy atom. The Bertz CT molecular complexity index is 791. The van der Waals surface area contributed by atoms with Gasteiger partial charge in [-0.1, -0.05) is 0 Å². The van der Waals surface area contributed by atoms with Crippen LogP contribution in [0, 0.1) is 0 Å². The molecule has 4 rings (SSSR count). The molecule has 1 aromatic heterocycles. The standard InChI is InChI=1S/C21H28N4O2/c1-16(26)20-14-19-15-24(12-5-13-25(19)22-20)21(27)17-6-8-18(9-7-17)23-10-3-2-4-11-23/h6-9,14,16,26H,2-5,10-13,15H2,1H3. The van der Waals surface area contributed by atoms with Crippen LogP contribution in [0.15, 0.2) is 30.3 Å².